The molecule has 0 heterocycles. The van der Waals surface area contributed by atoms with Crippen LogP contribution in [0.1, 0.15) is 20.7 Å². The number of hydrogen-bond donors (Lipinski definition) is 3. The zero-order valence-electron chi connectivity index (χ0n) is 12.0. The smallest absolute Gasteiger partial charge is 0.335 e. The van der Waals surface area contributed by atoms with Crippen LogP contribution in [0.3, 0.4) is 0 Å². The molecule has 2 unspecified atom stereocenters. The van der Waals surface area contributed by atoms with Crippen molar-refractivity contribution in [1.29, 1.82) is 0 Å². The quantitative estimate of drug-likeness (QED) is 0.693. The van der Waals surface area contributed by atoms with E-state index in [1.54, 1.807) is 36.4 Å². The number of rotatable bonds is 6. The molecule has 1 amide bonds. The summed E-state index contributed by atoms with van der Waals surface area (Å²) < 4.78 is 0. The summed E-state index contributed by atoms with van der Waals surface area (Å²) in [7, 11) is 0. The van der Waals surface area contributed by atoms with Gasteiger partial charge in [-0.15, -0.1) is 0 Å². The Morgan fingerprint density at radius 3 is 1.78 bits per heavy atom. The minimum Gasteiger partial charge on any atom is -0.479 e. The largest absolute Gasteiger partial charge is 0.479 e. The monoisotopic (exact) mass is 313 g/mol. The second-order valence-electron chi connectivity index (χ2n) is 4.83. The number of nitrogens with one attached hydrogen (secondary N) is 1. The number of Topliss-reactive ketones (excluding diaryl/α,β-unsaturated/α-hetero) is 1. The Bertz CT molecular complexity index is 699. The fourth-order valence-electron chi connectivity index (χ4n) is 2.03. The number of hydrogen-bond acceptors (Lipinski definition) is 4. The summed E-state index contributed by atoms with van der Waals surface area (Å²) in [5.74, 6) is -2.90. The number of benzene rings is 2. The number of aliphatic carboxylic acids is 1. The lowest BCUT2D eigenvalue weighted by Gasteiger charge is -2.20. The van der Waals surface area contributed by atoms with E-state index < -0.39 is 29.8 Å². The highest BCUT2D eigenvalue weighted by Crippen LogP contribution is 2.09. The Morgan fingerprint density at radius 1 is 0.826 bits per heavy atom. The molecule has 23 heavy (non-hydrogen) atoms. The number of carbonyl (C=O) groups excluding carboxylic acids is 2. The van der Waals surface area contributed by atoms with Crippen LogP contribution in [0.25, 0.3) is 0 Å². The number of carbonyl (C=O) groups is 3. The zero-order chi connectivity index (χ0) is 16.8. The van der Waals surface area contributed by atoms with Gasteiger partial charge in [0.2, 0.25) is 0 Å². The third kappa shape index (κ3) is 4.02. The molecule has 2 atom stereocenters. The van der Waals surface area contributed by atoms with Crippen molar-refractivity contribution in [3.05, 3.63) is 71.8 Å². The molecule has 0 bridgehead atoms. The van der Waals surface area contributed by atoms with Crippen molar-refractivity contribution in [2.24, 2.45) is 0 Å². The molecule has 0 aromatic heterocycles. The lowest BCUT2D eigenvalue weighted by molar-refractivity contribution is -0.147. The van der Waals surface area contributed by atoms with Gasteiger partial charge < -0.3 is 15.5 Å². The van der Waals surface area contributed by atoms with Crippen LogP contribution in [-0.2, 0) is 4.79 Å². The average molecular weight is 313 g/mol. The van der Waals surface area contributed by atoms with E-state index in [1.807, 2.05) is 0 Å². The van der Waals surface area contributed by atoms with Crippen molar-refractivity contribution in [2.45, 2.75) is 12.1 Å². The summed E-state index contributed by atoms with van der Waals surface area (Å²) in [6.07, 6.45) is -2.05. The molecule has 0 spiro atoms. The molecule has 2 aromatic rings. The van der Waals surface area contributed by atoms with Crippen LogP contribution in [-0.4, -0.2) is 40.0 Å². The Hall–Kier alpha value is -2.99. The van der Waals surface area contributed by atoms with E-state index in [9.17, 15) is 19.5 Å². The first-order valence-corrected chi connectivity index (χ1v) is 6.86. The zero-order valence-corrected chi connectivity index (χ0v) is 12.0. The molecule has 0 fully saturated rings. The molecular weight excluding hydrogens is 298 g/mol. The summed E-state index contributed by atoms with van der Waals surface area (Å²) in [4.78, 5) is 35.6. The van der Waals surface area contributed by atoms with Gasteiger partial charge in [-0.1, -0.05) is 48.5 Å². The highest BCUT2D eigenvalue weighted by Gasteiger charge is 2.34. The van der Waals surface area contributed by atoms with E-state index >= 15 is 0 Å². The average Bonchev–Trinajstić information content (AvgIpc) is 2.59. The minimum absolute atomic E-state index is 0.200. The molecule has 6 nitrogen and oxygen atoms in total. The molecule has 0 saturated heterocycles. The second kappa shape index (κ2) is 7.33. The Morgan fingerprint density at radius 2 is 1.30 bits per heavy atom. The molecule has 0 aliphatic rings. The summed E-state index contributed by atoms with van der Waals surface area (Å²) in [6.45, 7) is 0. The molecule has 3 N–H and O–H groups in total. The number of carboxylic acid groups (broad SMARTS) is 1. The van der Waals surface area contributed by atoms with Crippen molar-refractivity contribution in [2.75, 3.05) is 0 Å². The fraction of sp³-hybridized carbons (Fsp3) is 0.118. The van der Waals surface area contributed by atoms with Gasteiger partial charge in [0, 0.05) is 11.1 Å². The van der Waals surface area contributed by atoms with Crippen molar-refractivity contribution in [1.82, 2.24) is 5.32 Å². The topological polar surface area (TPSA) is 104 Å². The van der Waals surface area contributed by atoms with Gasteiger partial charge in [-0.05, 0) is 12.1 Å². The molecular formula is C17H15NO5. The molecule has 0 aliphatic carbocycles. The van der Waals surface area contributed by atoms with Crippen LogP contribution in [0.15, 0.2) is 60.7 Å². The molecule has 118 valence electrons. The van der Waals surface area contributed by atoms with E-state index in [4.69, 9.17) is 5.11 Å². The predicted octanol–water partition coefficient (Wildman–Crippen LogP) is 1.11. The van der Waals surface area contributed by atoms with Gasteiger partial charge in [-0.25, -0.2) is 4.79 Å². The third-order valence-corrected chi connectivity index (χ3v) is 3.23. The van der Waals surface area contributed by atoms with Crippen molar-refractivity contribution in [3.63, 3.8) is 0 Å². The molecule has 0 aliphatic heterocycles. The van der Waals surface area contributed by atoms with Gasteiger partial charge >= 0.3 is 5.97 Å². The van der Waals surface area contributed by atoms with E-state index in [-0.39, 0.29) is 11.1 Å². The van der Waals surface area contributed by atoms with Crippen LogP contribution in [0.4, 0.5) is 0 Å². The SMILES string of the molecule is O=C(NC(C(=O)c1ccccc1)C(O)C(=O)O)c1ccccc1. The summed E-state index contributed by atoms with van der Waals surface area (Å²) in [6, 6.07) is 14.3. The predicted molar refractivity (Wildman–Crippen MR) is 82.1 cm³/mol. The normalized spacial score (nSPS) is 12.9. The minimum atomic E-state index is -2.05. The molecule has 2 rings (SSSR count). The van der Waals surface area contributed by atoms with Gasteiger partial charge in [0.25, 0.3) is 5.91 Å². The lowest BCUT2D eigenvalue weighted by Crippen LogP contribution is -2.51. The maximum Gasteiger partial charge on any atom is 0.335 e. The van der Waals surface area contributed by atoms with E-state index in [2.05, 4.69) is 5.32 Å². The molecule has 0 saturated carbocycles. The Kier molecular flexibility index (Phi) is 5.22. The number of amides is 1. The fourth-order valence-corrected chi connectivity index (χ4v) is 2.03. The third-order valence-electron chi connectivity index (χ3n) is 3.23. The first-order valence-electron chi connectivity index (χ1n) is 6.86. The molecule has 2 aromatic carbocycles. The van der Waals surface area contributed by atoms with Crippen LogP contribution in [0, 0.1) is 0 Å². The highest BCUT2D eigenvalue weighted by molar-refractivity contribution is 6.06. The van der Waals surface area contributed by atoms with E-state index in [0.29, 0.717) is 0 Å². The summed E-state index contributed by atoms with van der Waals surface area (Å²) >= 11 is 0. The van der Waals surface area contributed by atoms with Crippen LogP contribution < -0.4 is 5.32 Å². The van der Waals surface area contributed by atoms with Crippen molar-refractivity contribution < 1.29 is 24.6 Å². The van der Waals surface area contributed by atoms with Gasteiger partial charge in [0.1, 0.15) is 6.04 Å². The van der Waals surface area contributed by atoms with Crippen LogP contribution in [0.2, 0.25) is 0 Å². The van der Waals surface area contributed by atoms with Gasteiger partial charge in [-0.3, -0.25) is 9.59 Å². The second-order valence-corrected chi connectivity index (χ2v) is 4.83. The van der Waals surface area contributed by atoms with Gasteiger partial charge in [-0.2, -0.15) is 0 Å². The number of aliphatic hydroxyl groups excluding tert-OH is 1. The number of aliphatic hydroxyl groups is 1. The molecule has 6 heteroatoms. The van der Waals surface area contributed by atoms with Gasteiger partial charge in [0.15, 0.2) is 11.9 Å². The lowest BCUT2D eigenvalue weighted by atomic mass is 9.99. The standard InChI is InChI=1S/C17H15NO5/c19-14(11-7-3-1-4-8-11)13(15(20)17(22)23)18-16(21)12-9-5-2-6-10-12/h1-10,13,15,20H,(H,18,21)(H,22,23). The van der Waals surface area contributed by atoms with Gasteiger partial charge in [0.05, 0.1) is 0 Å². The van der Waals surface area contributed by atoms with Crippen LogP contribution in [0.5, 0.6) is 0 Å². The highest BCUT2D eigenvalue weighted by atomic mass is 16.4. The first-order chi connectivity index (χ1) is 11.0. The van der Waals surface area contributed by atoms with E-state index in [0.717, 1.165) is 0 Å². The summed E-state index contributed by atoms with van der Waals surface area (Å²) in [5, 5.41) is 21.1. The number of ketones is 1. The van der Waals surface area contributed by atoms with Crippen molar-refractivity contribution in [3.8, 4) is 0 Å². The Labute approximate surface area is 132 Å². The number of carboxylic acids is 1. The first kappa shape index (κ1) is 16.4. The molecule has 0 radical (unpaired) electrons. The van der Waals surface area contributed by atoms with E-state index in [1.165, 1.54) is 24.3 Å². The maximum absolute atomic E-state index is 12.4. The Balaban J connectivity index is 2.26. The van der Waals surface area contributed by atoms with Crippen molar-refractivity contribution >= 4 is 17.7 Å². The summed E-state index contributed by atoms with van der Waals surface area (Å²) in [5.41, 5.74) is 0.460. The van der Waals surface area contributed by atoms with Crippen LogP contribution >= 0.6 is 0 Å². The maximum atomic E-state index is 12.4.